The smallest absolute Gasteiger partial charge is 0.239 e. The van der Waals surface area contributed by atoms with E-state index in [4.69, 9.17) is 28.1 Å². The molecule has 1 aromatic heterocycles. The number of methoxy groups -OCH3 is 1. The molecule has 9 heteroatoms. The van der Waals surface area contributed by atoms with Crippen molar-refractivity contribution < 1.29 is 33.2 Å². The Bertz CT molecular complexity index is 2080. The minimum atomic E-state index is -0.525. The predicted molar refractivity (Wildman–Crippen MR) is 200 cm³/mol. The number of rotatable bonds is 15. The van der Waals surface area contributed by atoms with Crippen molar-refractivity contribution in [3.05, 3.63) is 142 Å². The van der Waals surface area contributed by atoms with E-state index in [-0.39, 0.29) is 48.0 Å². The molecule has 6 aromatic rings. The van der Waals surface area contributed by atoms with Crippen molar-refractivity contribution in [2.24, 2.45) is 0 Å². The average Bonchev–Trinajstić information content (AvgIpc) is 3.70. The summed E-state index contributed by atoms with van der Waals surface area (Å²) in [6, 6.07) is 36.0. The number of likely N-dealkylation sites (tertiary alicyclic amines) is 1. The molecule has 1 saturated heterocycles. The van der Waals surface area contributed by atoms with Crippen LogP contribution in [0.5, 0.6) is 34.5 Å². The van der Waals surface area contributed by atoms with Crippen molar-refractivity contribution >= 4 is 11.0 Å². The Kier molecular flexibility index (Phi) is 10.9. The second-order valence-electron chi connectivity index (χ2n) is 12.6. The van der Waals surface area contributed by atoms with Gasteiger partial charge in [0.1, 0.15) is 48.9 Å². The average molecular weight is 700 g/mol. The van der Waals surface area contributed by atoms with E-state index in [1.165, 1.54) is 26.0 Å². The normalized spacial score (nSPS) is 12.9. The summed E-state index contributed by atoms with van der Waals surface area (Å²) in [5.74, 6) is 1.36. The Morgan fingerprint density at radius 1 is 0.673 bits per heavy atom. The molecule has 1 aliphatic heterocycles. The molecule has 0 aliphatic carbocycles. The van der Waals surface area contributed by atoms with Crippen LogP contribution in [-0.4, -0.2) is 43.4 Å². The number of nitrogens with zero attached hydrogens (tertiary/aromatic N) is 1. The van der Waals surface area contributed by atoms with Gasteiger partial charge in [-0.25, -0.2) is 0 Å². The van der Waals surface area contributed by atoms with Crippen LogP contribution in [0.3, 0.4) is 0 Å². The molecule has 1 N–H and O–H groups in total. The molecule has 9 nitrogen and oxygen atoms in total. The summed E-state index contributed by atoms with van der Waals surface area (Å²) in [6.45, 7) is 4.06. The maximum absolute atomic E-state index is 13.9. The molecular formula is C43H41NO8. The third kappa shape index (κ3) is 8.16. The van der Waals surface area contributed by atoms with Gasteiger partial charge in [0, 0.05) is 24.2 Å². The van der Waals surface area contributed by atoms with Crippen molar-refractivity contribution in [1.29, 1.82) is 0 Å². The van der Waals surface area contributed by atoms with Gasteiger partial charge in [0.2, 0.25) is 16.9 Å². The lowest BCUT2D eigenvalue weighted by Crippen LogP contribution is -2.25. The minimum Gasteiger partial charge on any atom is -0.507 e. The maximum atomic E-state index is 13.9. The largest absolute Gasteiger partial charge is 0.507 e. The van der Waals surface area contributed by atoms with Crippen molar-refractivity contribution in [2.75, 3.05) is 33.4 Å². The van der Waals surface area contributed by atoms with E-state index in [1.54, 1.807) is 18.2 Å². The van der Waals surface area contributed by atoms with E-state index in [0.717, 1.165) is 36.3 Å². The number of hydrogen-bond donors (Lipinski definition) is 1. The van der Waals surface area contributed by atoms with Gasteiger partial charge in [0.05, 0.1) is 7.11 Å². The fourth-order valence-electron chi connectivity index (χ4n) is 6.28. The van der Waals surface area contributed by atoms with E-state index < -0.39 is 5.43 Å². The molecule has 7 rings (SSSR count). The Morgan fingerprint density at radius 2 is 1.21 bits per heavy atom. The number of ether oxygens (including phenoxy) is 5. The molecule has 0 saturated carbocycles. The molecule has 0 atom stereocenters. The Balaban J connectivity index is 1.31. The van der Waals surface area contributed by atoms with Crippen molar-refractivity contribution in [3.8, 4) is 45.8 Å². The Morgan fingerprint density at radius 3 is 1.75 bits per heavy atom. The lowest BCUT2D eigenvalue weighted by atomic mass is 10.1. The number of phenols is 1. The first-order valence-corrected chi connectivity index (χ1v) is 17.5. The third-order valence-corrected chi connectivity index (χ3v) is 8.97. The zero-order chi connectivity index (χ0) is 35.7. The van der Waals surface area contributed by atoms with Gasteiger partial charge in [-0.15, -0.1) is 0 Å². The van der Waals surface area contributed by atoms with E-state index in [9.17, 15) is 9.90 Å². The van der Waals surface area contributed by atoms with E-state index in [1.807, 2.05) is 91.0 Å². The molecule has 0 amide bonds. The van der Waals surface area contributed by atoms with Gasteiger partial charge < -0.3 is 33.2 Å². The summed E-state index contributed by atoms with van der Waals surface area (Å²) in [6.07, 6.45) is 2.37. The second-order valence-corrected chi connectivity index (χ2v) is 12.6. The van der Waals surface area contributed by atoms with Crippen LogP contribution in [0.2, 0.25) is 0 Å². The van der Waals surface area contributed by atoms with Crippen LogP contribution in [0.1, 0.15) is 29.5 Å². The summed E-state index contributed by atoms with van der Waals surface area (Å²) < 4.78 is 37.5. The van der Waals surface area contributed by atoms with Crippen LogP contribution in [0, 0.1) is 0 Å². The van der Waals surface area contributed by atoms with Crippen LogP contribution in [0.4, 0.5) is 0 Å². The summed E-state index contributed by atoms with van der Waals surface area (Å²) >= 11 is 0. The number of fused-ring (bicyclic) bond motifs is 1. The topological polar surface area (TPSA) is 99.8 Å². The molecule has 1 aliphatic rings. The van der Waals surface area contributed by atoms with Crippen LogP contribution < -0.4 is 29.1 Å². The Hall–Kier alpha value is -5.93. The van der Waals surface area contributed by atoms with E-state index >= 15 is 0 Å². The van der Waals surface area contributed by atoms with Gasteiger partial charge >= 0.3 is 0 Å². The highest BCUT2D eigenvalue weighted by Gasteiger charge is 2.25. The van der Waals surface area contributed by atoms with Crippen molar-refractivity contribution in [2.45, 2.75) is 32.7 Å². The molecule has 266 valence electrons. The molecule has 5 aromatic carbocycles. The standard InChI is InChI=1S/C43H41NO8/c1-47-43-40(46)39-35(45)25-34(48-22-21-44-19-11-12-20-44)26-36(39)52-41(43)33-23-37(49-27-30-13-5-2-6-14-30)42(51-29-32-17-9-4-10-18-32)38(24-33)50-28-31-15-7-3-8-16-31/h2-10,13-18,23-26,45H,11-12,19-22,27-29H2,1H3. The number of aromatic hydroxyl groups is 1. The van der Waals surface area contributed by atoms with Crippen LogP contribution >= 0.6 is 0 Å². The molecular weight excluding hydrogens is 658 g/mol. The lowest BCUT2D eigenvalue weighted by molar-refractivity contribution is 0.230. The first kappa shape index (κ1) is 34.5. The third-order valence-electron chi connectivity index (χ3n) is 8.97. The molecule has 52 heavy (non-hydrogen) atoms. The highest BCUT2D eigenvalue weighted by Crippen LogP contribution is 2.45. The van der Waals surface area contributed by atoms with E-state index in [2.05, 4.69) is 4.90 Å². The van der Waals surface area contributed by atoms with Gasteiger partial charge in [0.25, 0.3) is 0 Å². The molecule has 0 spiro atoms. The Labute approximate surface area is 302 Å². The summed E-state index contributed by atoms with van der Waals surface area (Å²) in [4.78, 5) is 16.3. The predicted octanol–water partition coefficient (Wildman–Crippen LogP) is 8.39. The monoisotopic (exact) mass is 699 g/mol. The fourth-order valence-corrected chi connectivity index (χ4v) is 6.28. The van der Waals surface area contributed by atoms with Crippen LogP contribution in [0.25, 0.3) is 22.3 Å². The fraction of sp³-hybridized carbons (Fsp3) is 0.233. The van der Waals surface area contributed by atoms with Crippen LogP contribution in [0.15, 0.2) is 124 Å². The molecule has 0 radical (unpaired) electrons. The SMILES string of the molecule is COc1c(-c2cc(OCc3ccccc3)c(OCc3ccccc3)c(OCc3ccccc3)c2)oc2cc(OCCN3CCCC3)cc(O)c2c1=O. The first-order chi connectivity index (χ1) is 25.6. The minimum absolute atomic E-state index is 0.00332. The van der Waals surface area contributed by atoms with Crippen molar-refractivity contribution in [1.82, 2.24) is 4.90 Å². The summed E-state index contributed by atoms with van der Waals surface area (Å²) in [5.41, 5.74) is 2.96. The van der Waals surface area contributed by atoms with E-state index in [0.29, 0.717) is 35.2 Å². The number of benzene rings is 5. The highest BCUT2D eigenvalue weighted by atomic mass is 16.5. The zero-order valence-electron chi connectivity index (χ0n) is 29.1. The number of phenolic OH excluding ortho intramolecular Hbond substituents is 1. The zero-order valence-corrected chi connectivity index (χ0v) is 29.1. The summed E-state index contributed by atoms with van der Waals surface area (Å²) in [5, 5.41) is 11.0. The second kappa shape index (κ2) is 16.4. The number of hydrogen-bond acceptors (Lipinski definition) is 9. The lowest BCUT2D eigenvalue weighted by Gasteiger charge is -2.20. The quantitative estimate of drug-likeness (QED) is 0.113. The molecule has 0 unspecified atom stereocenters. The van der Waals surface area contributed by atoms with Gasteiger partial charge in [-0.05, 0) is 54.8 Å². The first-order valence-electron chi connectivity index (χ1n) is 17.5. The maximum Gasteiger partial charge on any atom is 0.239 e. The van der Waals surface area contributed by atoms with Crippen molar-refractivity contribution in [3.63, 3.8) is 0 Å². The highest BCUT2D eigenvalue weighted by molar-refractivity contribution is 5.88. The molecule has 1 fully saturated rings. The van der Waals surface area contributed by atoms with Gasteiger partial charge in [-0.3, -0.25) is 9.69 Å². The van der Waals surface area contributed by atoms with Gasteiger partial charge in [0.15, 0.2) is 17.3 Å². The summed E-state index contributed by atoms with van der Waals surface area (Å²) in [7, 11) is 1.39. The van der Waals surface area contributed by atoms with Crippen LogP contribution in [-0.2, 0) is 19.8 Å². The van der Waals surface area contributed by atoms with Gasteiger partial charge in [-0.2, -0.15) is 0 Å². The molecule has 2 heterocycles. The van der Waals surface area contributed by atoms with Gasteiger partial charge in [-0.1, -0.05) is 91.0 Å². The molecule has 0 bridgehead atoms.